The second-order valence-corrected chi connectivity index (χ2v) is 5.62. The third-order valence-electron chi connectivity index (χ3n) is 3.79. The average Bonchev–Trinajstić information content (AvgIpc) is 2.90. The molecular weight excluding hydrogens is 324 g/mol. The molecule has 1 heterocycles. The Hall–Kier alpha value is -2.04. The third-order valence-corrected chi connectivity index (χ3v) is 3.79. The molecule has 3 rings (SSSR count). The number of para-hydroxylation sites is 2. The fourth-order valence-corrected chi connectivity index (χ4v) is 2.73. The maximum atomic E-state index is 5.83. The van der Waals surface area contributed by atoms with E-state index in [2.05, 4.69) is 34.7 Å². The summed E-state index contributed by atoms with van der Waals surface area (Å²) in [5, 5.41) is 0. The third kappa shape index (κ3) is 4.28. The molecule has 3 aromatic rings. The summed E-state index contributed by atoms with van der Waals surface area (Å²) < 4.78 is 13.3. The molecule has 0 bridgehead atoms. The Labute approximate surface area is 148 Å². The minimum absolute atomic E-state index is 0. The lowest BCUT2D eigenvalue weighted by Gasteiger charge is -2.10. The monoisotopic (exact) mass is 345 g/mol. The van der Waals surface area contributed by atoms with Crippen LogP contribution in [0.25, 0.3) is 11.0 Å². The molecule has 0 aliphatic rings. The highest BCUT2D eigenvalue weighted by atomic mass is 35.5. The number of aryl methyl sites for hydroxylation is 2. The lowest BCUT2D eigenvalue weighted by Crippen LogP contribution is -3.00. The minimum Gasteiger partial charge on any atom is -1.00 e. The van der Waals surface area contributed by atoms with E-state index in [-0.39, 0.29) is 12.4 Å². The highest BCUT2D eigenvalue weighted by molar-refractivity contribution is 5.75. The van der Waals surface area contributed by atoms with Crippen molar-refractivity contribution in [1.29, 1.82) is 0 Å². The molecule has 0 aliphatic carbocycles. The molecule has 0 N–H and O–H groups in total. The molecule has 0 saturated carbocycles. The minimum atomic E-state index is 0. The summed E-state index contributed by atoms with van der Waals surface area (Å²) in [5.41, 5.74) is 3.37. The van der Waals surface area contributed by atoms with Crippen molar-refractivity contribution in [2.45, 2.75) is 26.5 Å². The van der Waals surface area contributed by atoms with Gasteiger partial charge in [-0.25, -0.2) is 4.98 Å². The summed E-state index contributed by atoms with van der Waals surface area (Å²) in [7, 11) is 1.70. The fourth-order valence-electron chi connectivity index (χ4n) is 2.73. The molecule has 2 aromatic carbocycles. The van der Waals surface area contributed by atoms with Crippen LogP contribution in [0.1, 0.15) is 17.8 Å². The van der Waals surface area contributed by atoms with E-state index >= 15 is 0 Å². The van der Waals surface area contributed by atoms with E-state index in [0.29, 0.717) is 13.2 Å². The first-order valence-electron chi connectivity index (χ1n) is 7.90. The van der Waals surface area contributed by atoms with E-state index < -0.39 is 0 Å². The molecule has 0 saturated heterocycles. The zero-order chi connectivity index (χ0) is 16.1. The molecule has 0 spiro atoms. The Bertz CT molecular complexity index is 786. The van der Waals surface area contributed by atoms with Gasteiger partial charge in [0, 0.05) is 13.7 Å². The molecule has 0 unspecified atom stereocenters. The first-order chi connectivity index (χ1) is 11.3. The van der Waals surface area contributed by atoms with Gasteiger partial charge in [-0.05, 0) is 43.2 Å². The fraction of sp³-hybridized carbons (Fsp3) is 0.316. The summed E-state index contributed by atoms with van der Waals surface area (Å²) in [5.74, 6) is 1.89. The van der Waals surface area contributed by atoms with Crippen molar-refractivity contribution < 1.29 is 21.9 Å². The van der Waals surface area contributed by atoms with Gasteiger partial charge in [-0.3, -0.25) is 0 Å². The molecule has 0 fully saturated rings. The van der Waals surface area contributed by atoms with E-state index in [4.69, 9.17) is 9.47 Å². The van der Waals surface area contributed by atoms with Crippen LogP contribution < -0.4 is 17.1 Å². The van der Waals surface area contributed by atoms with Crippen LogP contribution in [0.3, 0.4) is 0 Å². The van der Waals surface area contributed by atoms with Crippen LogP contribution in [-0.4, -0.2) is 23.3 Å². The predicted molar refractivity (Wildman–Crippen MR) is 91.7 cm³/mol. The van der Waals surface area contributed by atoms with Crippen molar-refractivity contribution in [3.63, 3.8) is 0 Å². The van der Waals surface area contributed by atoms with Crippen molar-refractivity contribution in [1.82, 2.24) is 9.55 Å². The highest BCUT2D eigenvalue weighted by Crippen LogP contribution is 2.18. The van der Waals surface area contributed by atoms with Gasteiger partial charge in [0.2, 0.25) is 0 Å². The summed E-state index contributed by atoms with van der Waals surface area (Å²) in [4.78, 5) is 4.65. The molecule has 0 atom stereocenters. The Balaban J connectivity index is 0.00000208. The topological polar surface area (TPSA) is 36.3 Å². The molecule has 0 amide bonds. The van der Waals surface area contributed by atoms with Crippen LogP contribution >= 0.6 is 0 Å². The summed E-state index contributed by atoms with van der Waals surface area (Å²) in [6.07, 6.45) is 0.922. The van der Waals surface area contributed by atoms with Crippen molar-refractivity contribution in [2.24, 2.45) is 0 Å². The number of halogens is 1. The lowest BCUT2D eigenvalue weighted by atomic mass is 10.2. The normalized spacial score (nSPS) is 10.6. The molecule has 4 nitrogen and oxygen atoms in total. The van der Waals surface area contributed by atoms with Crippen molar-refractivity contribution in [3.05, 3.63) is 59.9 Å². The lowest BCUT2D eigenvalue weighted by molar-refractivity contribution is -0.00000558. The highest BCUT2D eigenvalue weighted by Gasteiger charge is 2.09. The molecular formula is C19H22ClN2O2-. The van der Waals surface area contributed by atoms with Gasteiger partial charge in [-0.2, -0.15) is 0 Å². The number of methoxy groups -OCH3 is 1. The number of nitrogens with zero attached hydrogens (tertiary/aromatic N) is 2. The maximum Gasteiger partial charge on any atom is 0.135 e. The predicted octanol–water partition coefficient (Wildman–Crippen LogP) is 0.964. The van der Waals surface area contributed by atoms with Gasteiger partial charge in [0.15, 0.2) is 0 Å². The number of fused-ring (bicyclic) bond motifs is 1. The molecule has 5 heteroatoms. The maximum absolute atomic E-state index is 5.83. The van der Waals surface area contributed by atoms with Gasteiger partial charge < -0.3 is 26.4 Å². The van der Waals surface area contributed by atoms with Gasteiger partial charge in [-0.15, -0.1) is 0 Å². The van der Waals surface area contributed by atoms with Crippen LogP contribution in [0.5, 0.6) is 5.75 Å². The zero-order valence-electron chi connectivity index (χ0n) is 14.0. The van der Waals surface area contributed by atoms with E-state index in [0.717, 1.165) is 35.6 Å². The van der Waals surface area contributed by atoms with Crippen LogP contribution in [0.2, 0.25) is 0 Å². The number of hydrogen-bond acceptors (Lipinski definition) is 3. The quantitative estimate of drug-likeness (QED) is 0.599. The van der Waals surface area contributed by atoms with Crippen molar-refractivity contribution >= 4 is 11.0 Å². The zero-order valence-corrected chi connectivity index (χ0v) is 14.8. The average molecular weight is 346 g/mol. The first kappa shape index (κ1) is 18.3. The Morgan fingerprint density at radius 2 is 1.92 bits per heavy atom. The van der Waals surface area contributed by atoms with Crippen LogP contribution in [0.4, 0.5) is 0 Å². The van der Waals surface area contributed by atoms with Crippen LogP contribution in [0.15, 0.2) is 48.5 Å². The number of imidazole rings is 1. The Morgan fingerprint density at radius 1 is 1.08 bits per heavy atom. The Kier molecular flexibility index (Phi) is 6.64. The Morgan fingerprint density at radius 3 is 2.71 bits per heavy atom. The standard InChI is InChI=1S/C19H22N2O2.ClH/c1-15-7-5-8-16(13-15)23-12-6-11-21-18-10-4-3-9-17(18)20-19(21)14-22-2;/h3-5,7-10,13H,6,11-12,14H2,1-2H3;1H/p-1. The molecule has 24 heavy (non-hydrogen) atoms. The van der Waals surface area contributed by atoms with E-state index in [1.54, 1.807) is 7.11 Å². The first-order valence-corrected chi connectivity index (χ1v) is 7.90. The number of ether oxygens (including phenoxy) is 2. The summed E-state index contributed by atoms with van der Waals surface area (Å²) in [6.45, 7) is 4.14. The van der Waals surface area contributed by atoms with Crippen LogP contribution in [0, 0.1) is 6.92 Å². The number of hydrogen-bond donors (Lipinski definition) is 0. The molecule has 0 radical (unpaired) electrons. The summed E-state index contributed by atoms with van der Waals surface area (Å²) in [6, 6.07) is 16.3. The van der Waals surface area contributed by atoms with E-state index in [1.807, 2.05) is 30.3 Å². The second kappa shape index (κ2) is 8.71. The number of benzene rings is 2. The van der Waals surface area contributed by atoms with Gasteiger partial charge in [0.05, 0.1) is 17.6 Å². The SMILES string of the molecule is COCc1nc2ccccc2n1CCCOc1cccc(C)c1.[Cl-]. The van der Waals surface area contributed by atoms with Gasteiger partial charge in [-0.1, -0.05) is 24.3 Å². The van der Waals surface area contributed by atoms with E-state index in [9.17, 15) is 0 Å². The smallest absolute Gasteiger partial charge is 0.135 e. The number of aromatic nitrogens is 2. The largest absolute Gasteiger partial charge is 1.00 e. The van der Waals surface area contributed by atoms with E-state index in [1.165, 1.54) is 5.56 Å². The molecule has 128 valence electrons. The second-order valence-electron chi connectivity index (χ2n) is 5.62. The van der Waals surface area contributed by atoms with Crippen LogP contribution in [-0.2, 0) is 17.9 Å². The van der Waals surface area contributed by atoms with Gasteiger partial charge >= 0.3 is 0 Å². The molecule has 1 aromatic heterocycles. The summed E-state index contributed by atoms with van der Waals surface area (Å²) >= 11 is 0. The molecule has 0 aliphatic heterocycles. The van der Waals surface area contributed by atoms with Gasteiger partial charge in [0.1, 0.15) is 18.2 Å². The number of rotatable bonds is 7. The van der Waals surface area contributed by atoms with Gasteiger partial charge in [0.25, 0.3) is 0 Å². The van der Waals surface area contributed by atoms with Crippen molar-refractivity contribution in [2.75, 3.05) is 13.7 Å². The van der Waals surface area contributed by atoms with Crippen molar-refractivity contribution in [3.8, 4) is 5.75 Å².